The minimum atomic E-state index is -3.98. The van der Waals surface area contributed by atoms with Gasteiger partial charge in [-0.2, -0.15) is 0 Å². The van der Waals surface area contributed by atoms with E-state index in [1.54, 1.807) is 24.3 Å². The van der Waals surface area contributed by atoms with Crippen molar-refractivity contribution in [2.45, 2.75) is 11.3 Å². The summed E-state index contributed by atoms with van der Waals surface area (Å²) in [6.07, 6.45) is 0.640. The van der Waals surface area contributed by atoms with Gasteiger partial charge in [0.05, 0.1) is 36.9 Å². The summed E-state index contributed by atoms with van der Waals surface area (Å²) < 4.78 is 44.6. The number of hydrogen-bond donors (Lipinski definition) is 2. The van der Waals surface area contributed by atoms with Gasteiger partial charge in [-0.05, 0) is 58.7 Å². The molecule has 156 valence electrons. The fourth-order valence-corrected chi connectivity index (χ4v) is 4.68. The minimum Gasteiger partial charge on any atom is -0.496 e. The van der Waals surface area contributed by atoms with Crippen LogP contribution in [0.15, 0.2) is 45.8 Å². The Morgan fingerprint density at radius 3 is 2.41 bits per heavy atom. The molecule has 0 bridgehead atoms. The molecule has 0 spiro atoms. The number of methoxy groups -OCH3 is 2. The number of ether oxygens (including phenoxy) is 3. The molecule has 1 heterocycles. The molecule has 2 aromatic carbocycles. The quantitative estimate of drug-likeness (QED) is 0.625. The minimum absolute atomic E-state index is 0.0904. The molecule has 1 saturated heterocycles. The van der Waals surface area contributed by atoms with Crippen molar-refractivity contribution in [3.8, 4) is 11.5 Å². The highest BCUT2D eigenvalue weighted by atomic mass is 79.9. The molecule has 0 aliphatic carbocycles. The van der Waals surface area contributed by atoms with Gasteiger partial charge in [-0.1, -0.05) is 0 Å². The largest absolute Gasteiger partial charge is 0.496 e. The van der Waals surface area contributed by atoms with Gasteiger partial charge in [-0.25, -0.2) is 8.42 Å². The second kappa shape index (κ2) is 9.02. The third kappa shape index (κ3) is 5.01. The molecule has 0 radical (unpaired) electrons. The fourth-order valence-electron chi connectivity index (χ4n) is 2.89. The van der Waals surface area contributed by atoms with Gasteiger partial charge in [0, 0.05) is 12.3 Å². The van der Waals surface area contributed by atoms with Crippen LogP contribution in [0, 0.1) is 5.92 Å². The van der Waals surface area contributed by atoms with E-state index in [0.717, 1.165) is 0 Å². The SMILES string of the molecule is COc1ccc(NS(=O)(=O)c2cc(NC(=O)C3CCOC3)ccc2OC)cc1Br. The summed E-state index contributed by atoms with van der Waals surface area (Å²) >= 11 is 3.33. The van der Waals surface area contributed by atoms with E-state index < -0.39 is 10.0 Å². The highest BCUT2D eigenvalue weighted by molar-refractivity contribution is 9.10. The van der Waals surface area contributed by atoms with E-state index in [9.17, 15) is 13.2 Å². The van der Waals surface area contributed by atoms with Crippen LogP contribution in [0.4, 0.5) is 11.4 Å². The van der Waals surface area contributed by atoms with Gasteiger partial charge in [0.25, 0.3) is 10.0 Å². The van der Waals surface area contributed by atoms with Crippen LogP contribution in [0.3, 0.4) is 0 Å². The third-order valence-corrected chi connectivity index (χ3v) is 6.45. The number of amides is 1. The molecule has 1 atom stereocenters. The van der Waals surface area contributed by atoms with E-state index in [1.165, 1.54) is 26.4 Å². The van der Waals surface area contributed by atoms with Crippen molar-refractivity contribution in [2.75, 3.05) is 37.5 Å². The van der Waals surface area contributed by atoms with E-state index in [-0.39, 0.29) is 22.5 Å². The average Bonchev–Trinajstić information content (AvgIpc) is 3.23. The fraction of sp³-hybridized carbons (Fsp3) is 0.316. The molecule has 8 nitrogen and oxygen atoms in total. The lowest BCUT2D eigenvalue weighted by atomic mass is 10.1. The number of halogens is 1. The van der Waals surface area contributed by atoms with Gasteiger partial charge in [0.1, 0.15) is 16.4 Å². The van der Waals surface area contributed by atoms with Gasteiger partial charge >= 0.3 is 0 Å². The van der Waals surface area contributed by atoms with Crippen LogP contribution in [0.1, 0.15) is 6.42 Å². The molecule has 1 aliphatic heterocycles. The predicted molar refractivity (Wildman–Crippen MR) is 112 cm³/mol. The van der Waals surface area contributed by atoms with E-state index in [2.05, 4.69) is 26.0 Å². The molecule has 1 aliphatic rings. The zero-order chi connectivity index (χ0) is 21.0. The normalized spacial score (nSPS) is 16.3. The number of sulfonamides is 1. The number of carbonyl (C=O) groups excluding carboxylic acids is 1. The molecule has 1 unspecified atom stereocenters. The highest BCUT2D eigenvalue weighted by Crippen LogP contribution is 2.32. The first-order chi connectivity index (χ1) is 13.8. The molecular formula is C19H21BrN2O6S. The number of anilines is 2. The molecule has 0 aromatic heterocycles. The van der Waals surface area contributed by atoms with Gasteiger partial charge in [-0.3, -0.25) is 9.52 Å². The van der Waals surface area contributed by atoms with Crippen LogP contribution in [0.5, 0.6) is 11.5 Å². The molecule has 3 rings (SSSR count). The number of rotatable bonds is 7. The Balaban J connectivity index is 1.86. The maximum Gasteiger partial charge on any atom is 0.265 e. The number of hydrogen-bond acceptors (Lipinski definition) is 6. The maximum absolute atomic E-state index is 13.0. The van der Waals surface area contributed by atoms with Crippen LogP contribution in [0.25, 0.3) is 0 Å². The van der Waals surface area contributed by atoms with Crippen LogP contribution in [0.2, 0.25) is 0 Å². The summed E-state index contributed by atoms with van der Waals surface area (Å²) in [5.74, 6) is 0.286. The standard InChI is InChI=1S/C19H21BrN2O6S/c1-26-16-5-4-14(9-15(16)20)22-29(24,25)18-10-13(3-6-17(18)27-2)21-19(23)12-7-8-28-11-12/h3-6,9-10,12,22H,7-8,11H2,1-2H3,(H,21,23). The number of nitrogens with one attached hydrogen (secondary N) is 2. The highest BCUT2D eigenvalue weighted by Gasteiger charge is 2.25. The van der Waals surface area contributed by atoms with E-state index in [4.69, 9.17) is 14.2 Å². The van der Waals surface area contributed by atoms with Crippen molar-refractivity contribution in [1.82, 2.24) is 0 Å². The number of carbonyl (C=O) groups is 1. The number of benzene rings is 2. The molecule has 0 saturated carbocycles. The Morgan fingerprint density at radius 2 is 1.79 bits per heavy atom. The summed E-state index contributed by atoms with van der Waals surface area (Å²) in [7, 11) is -1.08. The zero-order valence-corrected chi connectivity index (χ0v) is 18.3. The summed E-state index contributed by atoms with van der Waals surface area (Å²) in [6.45, 7) is 0.905. The van der Waals surface area contributed by atoms with E-state index in [0.29, 0.717) is 41.2 Å². The van der Waals surface area contributed by atoms with Crippen LogP contribution in [-0.4, -0.2) is 41.8 Å². The zero-order valence-electron chi connectivity index (χ0n) is 15.9. The first-order valence-corrected chi connectivity index (χ1v) is 11.0. The Labute approximate surface area is 177 Å². The molecule has 10 heteroatoms. The summed E-state index contributed by atoms with van der Waals surface area (Å²) in [5, 5.41) is 2.74. The molecule has 1 amide bonds. The Morgan fingerprint density at radius 1 is 1.10 bits per heavy atom. The van der Waals surface area contributed by atoms with Gasteiger partial charge in [0.2, 0.25) is 5.91 Å². The van der Waals surface area contributed by atoms with Crippen molar-refractivity contribution in [1.29, 1.82) is 0 Å². The summed E-state index contributed by atoms with van der Waals surface area (Å²) in [4.78, 5) is 12.2. The molecule has 2 aromatic rings. The lowest BCUT2D eigenvalue weighted by Gasteiger charge is -2.15. The summed E-state index contributed by atoms with van der Waals surface area (Å²) in [6, 6.07) is 9.27. The van der Waals surface area contributed by atoms with E-state index in [1.807, 2.05) is 0 Å². The van der Waals surface area contributed by atoms with Crippen LogP contribution in [-0.2, 0) is 19.6 Å². The lowest BCUT2D eigenvalue weighted by molar-refractivity contribution is -0.119. The first kappa shape index (κ1) is 21.4. The van der Waals surface area contributed by atoms with Crippen molar-refractivity contribution in [3.63, 3.8) is 0 Å². The van der Waals surface area contributed by atoms with Gasteiger partial charge in [0.15, 0.2) is 0 Å². The second-order valence-corrected chi connectivity index (χ2v) is 8.88. The second-order valence-electron chi connectivity index (χ2n) is 6.37. The maximum atomic E-state index is 13.0. The Bertz CT molecular complexity index is 1010. The summed E-state index contributed by atoms with van der Waals surface area (Å²) in [5.41, 5.74) is 0.705. The lowest BCUT2D eigenvalue weighted by Crippen LogP contribution is -2.23. The third-order valence-electron chi connectivity index (χ3n) is 4.43. The molecule has 1 fully saturated rings. The predicted octanol–water partition coefficient (Wildman–Crippen LogP) is 3.24. The van der Waals surface area contributed by atoms with Crippen molar-refractivity contribution < 1.29 is 27.4 Å². The van der Waals surface area contributed by atoms with Crippen LogP contribution >= 0.6 is 15.9 Å². The van der Waals surface area contributed by atoms with E-state index >= 15 is 0 Å². The van der Waals surface area contributed by atoms with Gasteiger partial charge < -0.3 is 19.5 Å². The smallest absolute Gasteiger partial charge is 0.265 e. The Hall–Kier alpha value is -2.30. The van der Waals surface area contributed by atoms with Crippen molar-refractivity contribution >= 4 is 43.2 Å². The molecular weight excluding hydrogens is 464 g/mol. The monoisotopic (exact) mass is 484 g/mol. The topological polar surface area (TPSA) is 103 Å². The van der Waals surface area contributed by atoms with Crippen LogP contribution < -0.4 is 19.5 Å². The molecule has 2 N–H and O–H groups in total. The van der Waals surface area contributed by atoms with Crippen molar-refractivity contribution in [3.05, 3.63) is 40.9 Å². The average molecular weight is 485 g/mol. The molecule has 29 heavy (non-hydrogen) atoms. The first-order valence-electron chi connectivity index (χ1n) is 8.77. The Kier molecular flexibility index (Phi) is 6.66. The van der Waals surface area contributed by atoms with Gasteiger partial charge in [-0.15, -0.1) is 0 Å². The van der Waals surface area contributed by atoms with Crippen molar-refractivity contribution in [2.24, 2.45) is 5.92 Å².